The number of aromatic amines is 1. The van der Waals surface area contributed by atoms with Crippen LogP contribution in [0, 0.1) is 0 Å². The van der Waals surface area contributed by atoms with Gasteiger partial charge in [-0.1, -0.05) is 36.4 Å². The Morgan fingerprint density at radius 2 is 1.67 bits per heavy atom. The van der Waals surface area contributed by atoms with Gasteiger partial charge in [0.15, 0.2) is 0 Å². The van der Waals surface area contributed by atoms with Gasteiger partial charge in [-0.3, -0.25) is 9.59 Å². The number of nitrogens with one attached hydrogen (secondary N) is 1. The van der Waals surface area contributed by atoms with Gasteiger partial charge in [0.05, 0.1) is 12.7 Å². The number of amides is 2. The number of nitrogens with zero attached hydrogens (tertiary/aromatic N) is 2. The second-order valence-electron chi connectivity index (χ2n) is 9.92. The zero-order chi connectivity index (χ0) is 30.1. The van der Waals surface area contributed by atoms with Crippen molar-refractivity contribution >= 4 is 22.7 Å². The molecule has 0 aliphatic rings. The van der Waals surface area contributed by atoms with Crippen LogP contribution in [0.15, 0.2) is 79.0 Å². The van der Waals surface area contributed by atoms with Gasteiger partial charge >= 0.3 is 6.18 Å². The molecule has 0 atom stereocenters. The Morgan fingerprint density at radius 3 is 2.38 bits per heavy atom. The minimum absolute atomic E-state index is 0.129. The van der Waals surface area contributed by atoms with Gasteiger partial charge in [0.1, 0.15) is 12.3 Å². The highest BCUT2D eigenvalue weighted by Crippen LogP contribution is 2.30. The van der Waals surface area contributed by atoms with Crippen molar-refractivity contribution in [1.82, 2.24) is 14.8 Å². The van der Waals surface area contributed by atoms with Crippen molar-refractivity contribution in [3.8, 4) is 5.75 Å². The molecule has 1 heterocycles. The lowest BCUT2D eigenvalue weighted by Crippen LogP contribution is -2.44. The minimum atomic E-state index is -4.59. The molecule has 3 aromatic carbocycles. The molecule has 2 amide bonds. The van der Waals surface area contributed by atoms with E-state index in [0.29, 0.717) is 31.7 Å². The van der Waals surface area contributed by atoms with E-state index >= 15 is 0 Å². The molecule has 222 valence electrons. The Balaban J connectivity index is 1.57. The largest absolute Gasteiger partial charge is 0.497 e. The average molecular weight is 582 g/mol. The summed E-state index contributed by atoms with van der Waals surface area (Å²) in [5.41, 5.74) is 1.87. The van der Waals surface area contributed by atoms with Crippen molar-refractivity contribution in [3.63, 3.8) is 0 Å². The van der Waals surface area contributed by atoms with Gasteiger partial charge in [-0.25, -0.2) is 0 Å². The number of methoxy groups -OCH3 is 2. The number of carbonyl (C=O) groups is 2. The molecule has 0 spiro atoms. The highest BCUT2D eigenvalue weighted by Gasteiger charge is 2.31. The van der Waals surface area contributed by atoms with Crippen molar-refractivity contribution < 1.29 is 32.2 Å². The average Bonchev–Trinajstić information content (AvgIpc) is 3.41. The Morgan fingerprint density at radius 1 is 0.905 bits per heavy atom. The second kappa shape index (κ2) is 14.0. The van der Waals surface area contributed by atoms with E-state index in [0.717, 1.165) is 34.2 Å². The van der Waals surface area contributed by atoms with Crippen molar-refractivity contribution in [2.45, 2.75) is 25.6 Å². The molecule has 4 aromatic rings. The van der Waals surface area contributed by atoms with Crippen LogP contribution in [0.2, 0.25) is 0 Å². The maximum absolute atomic E-state index is 13.8. The van der Waals surface area contributed by atoms with E-state index in [1.165, 1.54) is 24.1 Å². The zero-order valence-corrected chi connectivity index (χ0v) is 23.6. The summed E-state index contributed by atoms with van der Waals surface area (Å²) in [5, 5.41) is 1.07. The number of para-hydroxylation sites is 1. The van der Waals surface area contributed by atoms with Crippen LogP contribution >= 0.6 is 0 Å². The van der Waals surface area contributed by atoms with Gasteiger partial charge in [0.2, 0.25) is 5.91 Å². The molecule has 1 aromatic heterocycles. The number of alkyl halides is 3. The monoisotopic (exact) mass is 581 g/mol. The smallest absolute Gasteiger partial charge is 0.416 e. The lowest BCUT2D eigenvalue weighted by molar-refractivity contribution is -0.137. The van der Waals surface area contributed by atoms with Crippen LogP contribution in [0.5, 0.6) is 5.75 Å². The van der Waals surface area contributed by atoms with Crippen LogP contribution in [0.1, 0.15) is 33.5 Å². The number of rotatable bonds is 13. The summed E-state index contributed by atoms with van der Waals surface area (Å²) in [6.45, 7) is 0.845. The summed E-state index contributed by atoms with van der Waals surface area (Å²) >= 11 is 0. The van der Waals surface area contributed by atoms with Gasteiger partial charge in [0, 0.05) is 56.0 Å². The Bertz CT molecular complexity index is 1480. The third-order valence-corrected chi connectivity index (χ3v) is 7.04. The number of ether oxygens (including phenoxy) is 2. The molecule has 0 aliphatic carbocycles. The number of hydrogen-bond donors (Lipinski definition) is 1. The molecule has 0 aliphatic heterocycles. The number of fused-ring (bicyclic) bond motifs is 1. The summed E-state index contributed by atoms with van der Waals surface area (Å²) in [6.07, 6.45) is -1.68. The number of hydrogen-bond acceptors (Lipinski definition) is 4. The molecular weight excluding hydrogens is 547 g/mol. The van der Waals surface area contributed by atoms with E-state index in [9.17, 15) is 22.8 Å². The van der Waals surface area contributed by atoms with Crippen LogP contribution < -0.4 is 4.74 Å². The van der Waals surface area contributed by atoms with Crippen LogP contribution in [-0.2, 0) is 28.7 Å². The molecule has 0 saturated heterocycles. The molecular formula is C32H34F3N3O4. The maximum Gasteiger partial charge on any atom is 0.416 e. The fourth-order valence-corrected chi connectivity index (χ4v) is 4.76. The lowest BCUT2D eigenvalue weighted by Gasteiger charge is -2.28. The van der Waals surface area contributed by atoms with Gasteiger partial charge in [0.25, 0.3) is 5.91 Å². The first-order chi connectivity index (χ1) is 20.2. The van der Waals surface area contributed by atoms with E-state index in [2.05, 4.69) is 4.98 Å². The standard InChI is InChI=1S/C32H34F3N3O4/c1-41-18-6-16-38(31(40)24-7-5-8-26(19-24)32(33,34)35)22-30(39)37(21-23-11-13-27(42-2)14-12-23)17-15-25-20-36-29-10-4-3-9-28(25)29/h3-5,7-14,19-20,36H,6,15-18,21-22H2,1-2H3. The number of benzene rings is 3. The molecule has 0 radical (unpaired) electrons. The van der Waals surface area contributed by atoms with Gasteiger partial charge in [-0.05, 0) is 60.4 Å². The van der Waals surface area contributed by atoms with Gasteiger partial charge in [-0.15, -0.1) is 0 Å². The summed E-state index contributed by atoms with van der Waals surface area (Å²) in [6, 6.07) is 19.5. The predicted octanol–water partition coefficient (Wildman–Crippen LogP) is 5.95. The fourth-order valence-electron chi connectivity index (χ4n) is 4.76. The normalized spacial score (nSPS) is 11.5. The highest BCUT2D eigenvalue weighted by atomic mass is 19.4. The summed E-state index contributed by atoms with van der Waals surface area (Å²) in [7, 11) is 3.09. The number of halogens is 3. The van der Waals surface area contributed by atoms with E-state index in [4.69, 9.17) is 9.47 Å². The van der Waals surface area contributed by atoms with Gasteiger partial charge in [-0.2, -0.15) is 13.2 Å². The Kier molecular flexibility index (Phi) is 10.2. The van der Waals surface area contributed by atoms with E-state index < -0.39 is 17.6 Å². The number of aromatic nitrogens is 1. The quantitative estimate of drug-likeness (QED) is 0.198. The summed E-state index contributed by atoms with van der Waals surface area (Å²) < 4.78 is 50.4. The first-order valence-electron chi connectivity index (χ1n) is 13.6. The molecule has 0 saturated carbocycles. The molecule has 0 unspecified atom stereocenters. The van der Waals surface area contributed by atoms with Crippen molar-refractivity contribution in [2.24, 2.45) is 0 Å². The van der Waals surface area contributed by atoms with Crippen molar-refractivity contribution in [3.05, 3.63) is 101 Å². The van der Waals surface area contributed by atoms with Crippen molar-refractivity contribution in [1.29, 1.82) is 0 Å². The Hall–Kier alpha value is -4.31. The predicted molar refractivity (Wildman–Crippen MR) is 154 cm³/mol. The molecule has 7 nitrogen and oxygen atoms in total. The molecule has 4 rings (SSSR count). The second-order valence-corrected chi connectivity index (χ2v) is 9.92. The fraction of sp³-hybridized carbons (Fsp3) is 0.312. The van der Waals surface area contributed by atoms with Crippen molar-refractivity contribution in [2.75, 3.05) is 40.5 Å². The van der Waals surface area contributed by atoms with E-state index in [1.54, 1.807) is 12.0 Å². The van der Waals surface area contributed by atoms with Gasteiger partial charge < -0.3 is 24.3 Å². The molecule has 42 heavy (non-hydrogen) atoms. The molecule has 0 fully saturated rings. The molecule has 0 bridgehead atoms. The third kappa shape index (κ3) is 7.91. The molecule has 1 N–H and O–H groups in total. The first-order valence-corrected chi connectivity index (χ1v) is 13.6. The van der Waals surface area contributed by atoms with Crippen LogP contribution in [0.4, 0.5) is 13.2 Å². The number of carbonyl (C=O) groups excluding carboxylic acids is 2. The van der Waals surface area contributed by atoms with Crippen LogP contribution in [0.25, 0.3) is 10.9 Å². The zero-order valence-electron chi connectivity index (χ0n) is 23.6. The SMILES string of the molecule is COCCCN(CC(=O)N(CCc1c[nH]c2ccccc12)Cc1ccc(OC)cc1)C(=O)c1cccc(C(F)(F)F)c1. The first kappa shape index (κ1) is 30.6. The summed E-state index contributed by atoms with van der Waals surface area (Å²) in [5.74, 6) is -0.276. The Labute approximate surface area is 242 Å². The van der Waals surface area contributed by atoms with E-state index in [-0.39, 0.29) is 31.1 Å². The topological polar surface area (TPSA) is 74.9 Å². The highest BCUT2D eigenvalue weighted by molar-refractivity contribution is 5.96. The minimum Gasteiger partial charge on any atom is -0.497 e. The third-order valence-electron chi connectivity index (χ3n) is 7.04. The maximum atomic E-state index is 13.8. The number of H-pyrrole nitrogens is 1. The molecule has 10 heteroatoms. The van der Waals surface area contributed by atoms with Crippen LogP contribution in [0.3, 0.4) is 0 Å². The summed E-state index contributed by atoms with van der Waals surface area (Å²) in [4.78, 5) is 33.4. The lowest BCUT2D eigenvalue weighted by atomic mass is 10.1. The van der Waals surface area contributed by atoms with E-state index in [1.807, 2.05) is 54.7 Å². The van der Waals surface area contributed by atoms with Crippen LogP contribution in [-0.4, -0.2) is 67.1 Å².